The monoisotopic (exact) mass is 189 g/mol. The van der Waals surface area contributed by atoms with Gasteiger partial charge in [-0.05, 0) is 19.7 Å². The molecule has 1 aromatic rings. The normalized spacial score (nSPS) is 11.1. The zero-order valence-electron chi connectivity index (χ0n) is 8.60. The first-order valence-corrected chi connectivity index (χ1v) is 4.59. The van der Waals surface area contributed by atoms with Crippen LogP contribution in [-0.4, -0.2) is 31.8 Å². The van der Waals surface area contributed by atoms with Crippen LogP contribution in [0.1, 0.15) is 15.9 Å². The summed E-state index contributed by atoms with van der Waals surface area (Å²) < 4.78 is 0. The van der Waals surface area contributed by atoms with Crippen molar-refractivity contribution in [3.05, 3.63) is 41.5 Å². The predicted molar refractivity (Wildman–Crippen MR) is 59.4 cm³/mol. The van der Waals surface area contributed by atoms with E-state index in [0.29, 0.717) is 0 Å². The smallest absolute Gasteiger partial charge is 0.150 e. The Balaban J connectivity index is 2.59. The van der Waals surface area contributed by atoms with Gasteiger partial charge in [-0.2, -0.15) is 0 Å². The molecule has 74 valence electrons. The fourth-order valence-corrected chi connectivity index (χ4v) is 1.09. The molecule has 0 aliphatic carbocycles. The van der Waals surface area contributed by atoms with E-state index >= 15 is 0 Å². The van der Waals surface area contributed by atoms with Crippen LogP contribution in [0.3, 0.4) is 0 Å². The molecule has 0 N–H and O–H groups in total. The lowest BCUT2D eigenvalue weighted by Gasteiger charge is -2.03. The van der Waals surface area contributed by atoms with Crippen LogP contribution >= 0.6 is 0 Å². The first-order chi connectivity index (χ1) is 6.72. The summed E-state index contributed by atoms with van der Waals surface area (Å²) in [5.74, 6) is 0. The lowest BCUT2D eigenvalue weighted by molar-refractivity contribution is 0.112. The Morgan fingerprint density at radius 1 is 1.14 bits per heavy atom. The molecule has 14 heavy (non-hydrogen) atoms. The van der Waals surface area contributed by atoms with Crippen LogP contribution in [0.2, 0.25) is 0 Å². The van der Waals surface area contributed by atoms with E-state index in [2.05, 4.69) is 17.1 Å². The zero-order valence-corrected chi connectivity index (χ0v) is 8.60. The molecule has 0 unspecified atom stereocenters. The number of aldehydes is 1. The van der Waals surface area contributed by atoms with Crippen LogP contribution in [0, 0.1) is 0 Å². The molecule has 0 saturated heterocycles. The number of nitrogens with zero attached hydrogens (tertiary/aromatic N) is 1. The van der Waals surface area contributed by atoms with Crippen LogP contribution < -0.4 is 0 Å². The van der Waals surface area contributed by atoms with Gasteiger partial charge in [0.15, 0.2) is 0 Å². The minimum atomic E-state index is 0.717. The molecule has 0 heterocycles. The summed E-state index contributed by atoms with van der Waals surface area (Å²) >= 11 is 0. The first kappa shape index (κ1) is 10.7. The van der Waals surface area contributed by atoms with Crippen molar-refractivity contribution in [1.82, 2.24) is 4.90 Å². The number of carbonyl (C=O) groups is 1. The maximum Gasteiger partial charge on any atom is 0.150 e. The maximum atomic E-state index is 10.4. The fourth-order valence-electron chi connectivity index (χ4n) is 1.09. The predicted octanol–water partition coefficient (Wildman–Crippen LogP) is 2.07. The molecule has 1 aromatic carbocycles. The molecular formula is C12H15NO. The van der Waals surface area contributed by atoms with Gasteiger partial charge in [-0.15, -0.1) is 0 Å². The van der Waals surface area contributed by atoms with Crippen molar-refractivity contribution in [3.63, 3.8) is 0 Å². The van der Waals surface area contributed by atoms with Gasteiger partial charge in [0.2, 0.25) is 0 Å². The summed E-state index contributed by atoms with van der Waals surface area (Å²) in [6.07, 6.45) is 5.00. The minimum Gasteiger partial charge on any atom is -0.306 e. The highest BCUT2D eigenvalue weighted by atomic mass is 16.1. The van der Waals surface area contributed by atoms with E-state index in [1.165, 1.54) is 0 Å². The molecule has 0 bridgehead atoms. The highest BCUT2D eigenvalue weighted by molar-refractivity contribution is 5.75. The second kappa shape index (κ2) is 5.35. The highest BCUT2D eigenvalue weighted by Crippen LogP contribution is 2.04. The summed E-state index contributed by atoms with van der Waals surface area (Å²) in [5, 5.41) is 0. The minimum absolute atomic E-state index is 0.717. The summed E-state index contributed by atoms with van der Waals surface area (Å²) in [7, 11) is 4.06. The van der Waals surface area contributed by atoms with Crippen LogP contribution in [0.5, 0.6) is 0 Å². The second-order valence-corrected chi connectivity index (χ2v) is 3.45. The Kier molecular flexibility index (Phi) is 4.08. The van der Waals surface area contributed by atoms with Gasteiger partial charge < -0.3 is 4.90 Å². The van der Waals surface area contributed by atoms with Crippen molar-refractivity contribution >= 4 is 12.4 Å². The van der Waals surface area contributed by atoms with Gasteiger partial charge in [-0.25, -0.2) is 0 Å². The van der Waals surface area contributed by atoms with E-state index in [1.807, 2.05) is 38.4 Å². The van der Waals surface area contributed by atoms with Crippen molar-refractivity contribution in [2.24, 2.45) is 0 Å². The maximum absolute atomic E-state index is 10.4. The molecule has 0 aliphatic rings. The summed E-state index contributed by atoms with van der Waals surface area (Å²) in [4.78, 5) is 12.5. The van der Waals surface area contributed by atoms with Crippen molar-refractivity contribution in [2.45, 2.75) is 0 Å². The van der Waals surface area contributed by atoms with Gasteiger partial charge in [0.05, 0.1) is 0 Å². The molecule has 0 radical (unpaired) electrons. The lowest BCUT2D eigenvalue weighted by atomic mass is 10.1. The van der Waals surface area contributed by atoms with Gasteiger partial charge in [0.25, 0.3) is 0 Å². The molecule has 2 heteroatoms. The molecule has 0 saturated carbocycles. The molecule has 0 spiro atoms. The zero-order chi connectivity index (χ0) is 10.4. The Morgan fingerprint density at radius 3 is 2.21 bits per heavy atom. The molecule has 0 fully saturated rings. The quantitative estimate of drug-likeness (QED) is 0.676. The van der Waals surface area contributed by atoms with Crippen LogP contribution in [0.25, 0.3) is 6.08 Å². The van der Waals surface area contributed by atoms with E-state index in [9.17, 15) is 4.79 Å². The fraction of sp³-hybridized carbons (Fsp3) is 0.250. The molecule has 0 amide bonds. The van der Waals surface area contributed by atoms with E-state index in [4.69, 9.17) is 0 Å². The first-order valence-electron chi connectivity index (χ1n) is 4.59. The van der Waals surface area contributed by atoms with E-state index < -0.39 is 0 Å². The molecule has 1 rings (SSSR count). The Labute approximate surface area is 84.9 Å². The van der Waals surface area contributed by atoms with Crippen molar-refractivity contribution in [3.8, 4) is 0 Å². The number of hydrogen-bond acceptors (Lipinski definition) is 2. The molecule has 0 atom stereocenters. The molecular weight excluding hydrogens is 174 g/mol. The third kappa shape index (κ3) is 3.54. The number of carbonyl (C=O) groups excluding carboxylic acids is 1. The third-order valence-electron chi connectivity index (χ3n) is 1.85. The van der Waals surface area contributed by atoms with E-state index in [-0.39, 0.29) is 0 Å². The Bertz CT molecular complexity index is 312. The van der Waals surface area contributed by atoms with Crippen molar-refractivity contribution in [2.75, 3.05) is 20.6 Å². The number of rotatable bonds is 4. The second-order valence-electron chi connectivity index (χ2n) is 3.45. The Hall–Kier alpha value is -1.41. The van der Waals surface area contributed by atoms with Gasteiger partial charge in [-0.1, -0.05) is 36.4 Å². The molecule has 0 aliphatic heterocycles. The van der Waals surface area contributed by atoms with Crippen LogP contribution in [-0.2, 0) is 0 Å². The molecule has 0 aromatic heterocycles. The largest absolute Gasteiger partial charge is 0.306 e. The molecule has 2 nitrogen and oxygen atoms in total. The van der Waals surface area contributed by atoms with Gasteiger partial charge in [0, 0.05) is 12.1 Å². The summed E-state index contributed by atoms with van der Waals surface area (Å²) in [5.41, 5.74) is 1.84. The average molecular weight is 189 g/mol. The van der Waals surface area contributed by atoms with Crippen molar-refractivity contribution in [1.29, 1.82) is 0 Å². The third-order valence-corrected chi connectivity index (χ3v) is 1.85. The van der Waals surface area contributed by atoms with Crippen LogP contribution in [0.4, 0.5) is 0 Å². The number of likely N-dealkylation sites (N-methyl/N-ethyl adjacent to an activating group) is 1. The number of benzene rings is 1. The summed E-state index contributed by atoms with van der Waals surface area (Å²) in [6.45, 7) is 0.926. The standard InChI is InChI=1S/C12H15NO/c1-13(2)9-3-4-11-5-7-12(10-14)8-6-11/h3-8,10H,9H2,1-2H3. The average Bonchev–Trinajstić information content (AvgIpc) is 2.18. The van der Waals surface area contributed by atoms with E-state index in [1.54, 1.807) is 0 Å². The van der Waals surface area contributed by atoms with Crippen LogP contribution in [0.15, 0.2) is 30.3 Å². The topological polar surface area (TPSA) is 20.3 Å². The van der Waals surface area contributed by atoms with E-state index in [0.717, 1.165) is 24.0 Å². The summed E-state index contributed by atoms with van der Waals surface area (Å²) in [6, 6.07) is 7.52. The highest BCUT2D eigenvalue weighted by Gasteiger charge is 1.89. The SMILES string of the molecule is CN(C)CC=Cc1ccc(C=O)cc1. The Morgan fingerprint density at radius 2 is 1.71 bits per heavy atom. The lowest BCUT2D eigenvalue weighted by Crippen LogP contribution is -2.10. The van der Waals surface area contributed by atoms with Crippen molar-refractivity contribution < 1.29 is 4.79 Å². The van der Waals surface area contributed by atoms with Gasteiger partial charge >= 0.3 is 0 Å². The van der Waals surface area contributed by atoms with Gasteiger partial charge in [-0.3, -0.25) is 4.79 Å². The van der Waals surface area contributed by atoms with Gasteiger partial charge in [0.1, 0.15) is 6.29 Å². The number of hydrogen-bond donors (Lipinski definition) is 0.